The smallest absolute Gasteiger partial charge is 0.252 e. The molecule has 0 bridgehead atoms. The van der Waals surface area contributed by atoms with Gasteiger partial charge in [0.25, 0.3) is 5.65 Å². The van der Waals surface area contributed by atoms with Gasteiger partial charge in [0.2, 0.25) is 0 Å². The van der Waals surface area contributed by atoms with Gasteiger partial charge < -0.3 is 0 Å². The first kappa shape index (κ1) is 20.5. The average molecular weight is 381 g/mol. The Labute approximate surface area is 168 Å². The van der Waals surface area contributed by atoms with Gasteiger partial charge in [-0.15, -0.1) is 0 Å². The van der Waals surface area contributed by atoms with E-state index in [9.17, 15) is 4.79 Å². The third-order valence-electron chi connectivity index (χ3n) is 5.59. The highest BCUT2D eigenvalue weighted by molar-refractivity contribution is 5.96. The van der Waals surface area contributed by atoms with Crippen LogP contribution < -0.4 is 9.96 Å². The fourth-order valence-electron chi connectivity index (χ4n) is 4.13. The van der Waals surface area contributed by atoms with Gasteiger partial charge >= 0.3 is 5.56 Å². The van der Waals surface area contributed by atoms with Gasteiger partial charge in [0.15, 0.2) is 0 Å². The molecule has 1 aliphatic rings. The molecule has 0 unspecified atom stereocenters. The van der Waals surface area contributed by atoms with Crippen LogP contribution in [0.4, 0.5) is 0 Å². The number of pyridine rings is 2. The Morgan fingerprint density at radius 1 is 1.00 bits per heavy atom. The average Bonchev–Trinajstić information content (AvgIpc) is 2.83. The van der Waals surface area contributed by atoms with Crippen LogP contribution in [0.15, 0.2) is 29.2 Å². The van der Waals surface area contributed by atoms with Crippen molar-refractivity contribution in [3.63, 3.8) is 0 Å². The van der Waals surface area contributed by atoms with E-state index in [-0.39, 0.29) is 16.4 Å². The van der Waals surface area contributed by atoms with Crippen molar-refractivity contribution in [2.24, 2.45) is 0 Å². The maximum absolute atomic E-state index is 13.1. The lowest BCUT2D eigenvalue weighted by molar-refractivity contribution is -0.529. The van der Waals surface area contributed by atoms with Gasteiger partial charge in [-0.3, -0.25) is 4.98 Å². The first-order valence-electron chi connectivity index (χ1n) is 10.3. The van der Waals surface area contributed by atoms with Gasteiger partial charge in [-0.1, -0.05) is 55.4 Å². The molecule has 0 saturated heterocycles. The van der Waals surface area contributed by atoms with Gasteiger partial charge in [0, 0.05) is 28.2 Å². The van der Waals surface area contributed by atoms with Crippen molar-refractivity contribution in [1.29, 1.82) is 0 Å². The van der Waals surface area contributed by atoms with E-state index in [0.717, 1.165) is 27.9 Å². The van der Waals surface area contributed by atoms with Crippen LogP contribution in [0.5, 0.6) is 0 Å². The summed E-state index contributed by atoms with van der Waals surface area (Å²) < 4.78 is 4.12. The van der Waals surface area contributed by atoms with Crippen molar-refractivity contribution >= 4 is 16.6 Å². The molecule has 0 amide bonds. The summed E-state index contributed by atoms with van der Waals surface area (Å²) in [4.78, 5) is 18.1. The molecule has 3 aromatic rings. The normalized spacial score (nSPS) is 15.2. The van der Waals surface area contributed by atoms with Crippen LogP contribution in [0.3, 0.4) is 0 Å². The van der Waals surface area contributed by atoms with Crippen molar-refractivity contribution < 1.29 is 4.40 Å². The summed E-state index contributed by atoms with van der Waals surface area (Å²) in [5.41, 5.74) is 4.71. The Bertz CT molecular complexity index is 1140. The molecule has 0 atom stereocenters. The Balaban J connectivity index is 0.00000109. The first-order chi connectivity index (χ1) is 12.8. The number of hydrogen-bond donors (Lipinski definition) is 0. The van der Waals surface area contributed by atoms with E-state index in [1.807, 2.05) is 18.4 Å². The fraction of sp³-hybridized carbons (Fsp3) is 0.542. The molecule has 4 rings (SSSR count). The van der Waals surface area contributed by atoms with Crippen LogP contribution in [-0.2, 0) is 16.4 Å². The second-order valence-electron chi connectivity index (χ2n) is 10.1. The zero-order valence-electron chi connectivity index (χ0n) is 19.1. The molecule has 0 spiro atoms. The lowest BCUT2D eigenvalue weighted by Gasteiger charge is -2.22. The molecule has 28 heavy (non-hydrogen) atoms. The van der Waals surface area contributed by atoms with E-state index in [4.69, 9.17) is 4.98 Å². The highest BCUT2D eigenvalue weighted by Crippen LogP contribution is 2.40. The molecule has 4 nitrogen and oxygen atoms in total. The summed E-state index contributed by atoms with van der Waals surface area (Å²) in [5.74, 6) is 0. The molecular formula is C24H34N3O+. The van der Waals surface area contributed by atoms with Crippen LogP contribution in [-0.4, -0.2) is 9.55 Å². The van der Waals surface area contributed by atoms with E-state index in [1.165, 1.54) is 5.56 Å². The largest absolute Gasteiger partial charge is 0.338 e. The molecule has 1 aliphatic heterocycles. The molecule has 0 radical (unpaired) electrons. The van der Waals surface area contributed by atoms with E-state index in [1.54, 1.807) is 6.07 Å². The first-order valence-corrected chi connectivity index (χ1v) is 10.3. The Hall–Kier alpha value is -2.23. The van der Waals surface area contributed by atoms with Gasteiger partial charge in [0.05, 0.1) is 23.2 Å². The van der Waals surface area contributed by atoms with Gasteiger partial charge in [-0.2, -0.15) is 4.57 Å². The van der Waals surface area contributed by atoms with Crippen molar-refractivity contribution in [3.8, 4) is 0 Å². The van der Waals surface area contributed by atoms with Gasteiger partial charge in [-0.05, 0) is 19.9 Å². The monoisotopic (exact) mass is 380 g/mol. The third kappa shape index (κ3) is 2.76. The lowest BCUT2D eigenvalue weighted by Crippen LogP contribution is -2.44. The van der Waals surface area contributed by atoms with E-state index >= 15 is 0 Å². The molecule has 0 saturated carbocycles. The number of nitrogens with zero attached hydrogens (tertiary/aromatic N) is 3. The summed E-state index contributed by atoms with van der Waals surface area (Å²) in [6.07, 6.45) is 2.07. The van der Waals surface area contributed by atoms with E-state index < -0.39 is 5.54 Å². The van der Waals surface area contributed by atoms with Crippen molar-refractivity contribution in [1.82, 2.24) is 9.55 Å². The minimum atomic E-state index is -0.399. The number of aromatic nitrogens is 3. The van der Waals surface area contributed by atoms with E-state index in [2.05, 4.69) is 78.1 Å². The zero-order valence-corrected chi connectivity index (χ0v) is 19.1. The molecule has 4 heteroatoms. The molecule has 0 fully saturated rings. The lowest BCUT2D eigenvalue weighted by atomic mass is 9.86. The van der Waals surface area contributed by atoms with Crippen molar-refractivity contribution in [2.75, 3.05) is 0 Å². The molecule has 3 aromatic heterocycles. The quantitative estimate of drug-likeness (QED) is 0.413. The SMILES string of the molecule is CC.CC(C)(C)c1cc2c3c(cc[n+]4c(C(C)(C)C)cc(=O)n(c34)C2(C)C)n1. The summed E-state index contributed by atoms with van der Waals surface area (Å²) >= 11 is 0. The highest BCUT2D eigenvalue weighted by Gasteiger charge is 2.44. The zero-order chi connectivity index (χ0) is 21.2. The second-order valence-corrected chi connectivity index (χ2v) is 10.1. The molecule has 0 aliphatic carbocycles. The van der Waals surface area contributed by atoms with Crippen molar-refractivity contribution in [2.45, 2.75) is 85.6 Å². The highest BCUT2D eigenvalue weighted by atomic mass is 16.1. The predicted molar refractivity (Wildman–Crippen MR) is 116 cm³/mol. The third-order valence-corrected chi connectivity index (χ3v) is 5.59. The van der Waals surface area contributed by atoms with Crippen molar-refractivity contribution in [3.05, 3.63) is 51.7 Å². The summed E-state index contributed by atoms with van der Waals surface area (Å²) in [6.45, 7) is 21.2. The Morgan fingerprint density at radius 2 is 1.61 bits per heavy atom. The number of hydrogen-bond acceptors (Lipinski definition) is 2. The van der Waals surface area contributed by atoms with Gasteiger partial charge in [-0.25, -0.2) is 9.20 Å². The minimum absolute atomic E-state index is 0.0425. The molecular weight excluding hydrogens is 346 g/mol. The summed E-state index contributed by atoms with van der Waals surface area (Å²) in [5, 5.41) is 1.11. The summed E-state index contributed by atoms with van der Waals surface area (Å²) in [6, 6.07) is 6.09. The molecule has 4 heterocycles. The maximum atomic E-state index is 13.1. The predicted octanol–water partition coefficient (Wildman–Crippen LogP) is 4.85. The Morgan fingerprint density at radius 3 is 2.14 bits per heavy atom. The summed E-state index contributed by atoms with van der Waals surface area (Å²) in [7, 11) is 0. The standard InChI is InChI=1S/C22H28N3O.C2H6/c1-20(2,3)15-11-13-18-14(23-15)9-10-24-16(21(4,5)6)12-17(26)25(19(18)24)22(13,7)8;1-2/h9-12H,1-8H3;1-2H3/q+1;. The van der Waals surface area contributed by atoms with Crippen LogP contribution in [0, 0.1) is 0 Å². The van der Waals surface area contributed by atoms with Gasteiger partial charge in [0.1, 0.15) is 11.2 Å². The van der Waals surface area contributed by atoms with Crippen LogP contribution in [0.25, 0.3) is 16.6 Å². The minimum Gasteiger partial charge on any atom is -0.252 e. The van der Waals surface area contributed by atoms with Crippen LogP contribution in [0.2, 0.25) is 0 Å². The molecule has 0 aromatic carbocycles. The van der Waals surface area contributed by atoms with E-state index in [0.29, 0.717) is 0 Å². The molecule has 0 N–H and O–H groups in total. The topological polar surface area (TPSA) is 39.0 Å². The fourth-order valence-corrected chi connectivity index (χ4v) is 4.13. The van der Waals surface area contributed by atoms with Crippen LogP contribution >= 0.6 is 0 Å². The second kappa shape index (κ2) is 6.13. The maximum Gasteiger partial charge on any atom is 0.338 e. The Kier molecular flexibility index (Phi) is 4.49. The molecule has 150 valence electrons. The number of rotatable bonds is 0. The van der Waals surface area contributed by atoms with Crippen LogP contribution in [0.1, 0.15) is 86.2 Å².